The molecule has 14 heavy (non-hydrogen) atoms. The third-order valence-corrected chi connectivity index (χ3v) is 4.17. The molecular weight excluding hydrogens is 220 g/mol. The van der Waals surface area contributed by atoms with Gasteiger partial charge in [-0.15, -0.1) is 23.1 Å². The van der Waals surface area contributed by atoms with E-state index in [4.69, 9.17) is 5.11 Å². The van der Waals surface area contributed by atoms with Crippen LogP contribution in [0.1, 0.15) is 16.8 Å². The molecule has 2 heterocycles. The van der Waals surface area contributed by atoms with Crippen LogP contribution in [0.2, 0.25) is 0 Å². The van der Waals surface area contributed by atoms with Gasteiger partial charge in [-0.3, -0.25) is 10.1 Å². The average Bonchev–Trinajstić information content (AvgIpc) is 2.71. The number of thioether (sulfide) groups is 1. The maximum atomic E-state index is 10.8. The molecule has 0 aliphatic carbocycles. The fourth-order valence-electron chi connectivity index (χ4n) is 1.32. The molecule has 2 N–H and O–H groups in total. The van der Waals surface area contributed by atoms with Gasteiger partial charge in [0.2, 0.25) is 0 Å². The molecule has 0 bridgehead atoms. The van der Waals surface area contributed by atoms with Crippen LogP contribution in [0.15, 0.2) is 11.6 Å². The highest BCUT2D eigenvalue weighted by Crippen LogP contribution is 2.32. The standard InChI is InChI=1S/C8H10N2O2S2/c11-8(12)5-1-3-13-7(10-5)6-9-2-4-14-6/h2,4-5,7,10H,1,3H2,(H,11,12). The summed E-state index contributed by atoms with van der Waals surface area (Å²) in [6.07, 6.45) is 2.43. The Morgan fingerprint density at radius 1 is 1.71 bits per heavy atom. The van der Waals surface area contributed by atoms with E-state index in [1.165, 1.54) is 0 Å². The molecule has 76 valence electrons. The monoisotopic (exact) mass is 230 g/mol. The fraction of sp³-hybridized carbons (Fsp3) is 0.500. The second-order valence-corrected chi connectivity index (χ2v) is 5.11. The number of thiazole rings is 1. The summed E-state index contributed by atoms with van der Waals surface area (Å²) in [6, 6.07) is -0.426. The number of nitrogens with one attached hydrogen (secondary N) is 1. The molecule has 0 spiro atoms. The van der Waals surface area contributed by atoms with Gasteiger partial charge in [-0.05, 0) is 12.2 Å². The van der Waals surface area contributed by atoms with E-state index < -0.39 is 12.0 Å². The van der Waals surface area contributed by atoms with Gasteiger partial charge in [0.05, 0.1) is 0 Å². The predicted octanol–water partition coefficient (Wildman–Crippen LogP) is 1.32. The lowest BCUT2D eigenvalue weighted by molar-refractivity contribution is -0.139. The summed E-state index contributed by atoms with van der Waals surface area (Å²) in [5, 5.41) is 14.8. The van der Waals surface area contributed by atoms with Crippen molar-refractivity contribution >= 4 is 29.1 Å². The number of carboxylic acid groups (broad SMARTS) is 1. The highest BCUT2D eigenvalue weighted by Gasteiger charge is 2.28. The van der Waals surface area contributed by atoms with Gasteiger partial charge in [-0.25, -0.2) is 4.98 Å². The Labute approximate surface area is 89.7 Å². The van der Waals surface area contributed by atoms with E-state index in [1.54, 1.807) is 29.3 Å². The van der Waals surface area contributed by atoms with Crippen LogP contribution >= 0.6 is 23.1 Å². The van der Waals surface area contributed by atoms with E-state index in [0.29, 0.717) is 6.42 Å². The third kappa shape index (κ3) is 2.08. The maximum Gasteiger partial charge on any atom is 0.320 e. The zero-order valence-electron chi connectivity index (χ0n) is 7.34. The van der Waals surface area contributed by atoms with Crippen molar-refractivity contribution in [1.82, 2.24) is 10.3 Å². The fourth-order valence-corrected chi connectivity index (χ4v) is 3.34. The molecule has 0 amide bonds. The Morgan fingerprint density at radius 3 is 3.21 bits per heavy atom. The van der Waals surface area contributed by atoms with Gasteiger partial charge in [0.15, 0.2) is 0 Å². The van der Waals surface area contributed by atoms with Crippen LogP contribution in [0, 0.1) is 0 Å². The minimum Gasteiger partial charge on any atom is -0.480 e. The topological polar surface area (TPSA) is 62.2 Å². The zero-order valence-corrected chi connectivity index (χ0v) is 8.98. The van der Waals surface area contributed by atoms with Gasteiger partial charge < -0.3 is 5.11 Å². The first-order valence-electron chi connectivity index (χ1n) is 4.27. The molecule has 0 radical (unpaired) electrons. The molecule has 0 aromatic carbocycles. The molecule has 1 aliphatic rings. The Bertz CT molecular complexity index is 315. The number of aliphatic carboxylic acids is 1. The van der Waals surface area contributed by atoms with E-state index in [2.05, 4.69) is 10.3 Å². The first-order valence-corrected chi connectivity index (χ1v) is 6.20. The van der Waals surface area contributed by atoms with Gasteiger partial charge in [0, 0.05) is 11.6 Å². The van der Waals surface area contributed by atoms with Gasteiger partial charge >= 0.3 is 5.97 Å². The first kappa shape index (κ1) is 9.95. The van der Waals surface area contributed by atoms with Crippen molar-refractivity contribution in [1.29, 1.82) is 0 Å². The van der Waals surface area contributed by atoms with Crippen LogP contribution in [0.3, 0.4) is 0 Å². The van der Waals surface area contributed by atoms with Gasteiger partial charge in [-0.2, -0.15) is 0 Å². The predicted molar refractivity (Wildman–Crippen MR) is 56.5 cm³/mol. The Balaban J connectivity index is 2.04. The van der Waals surface area contributed by atoms with E-state index in [-0.39, 0.29) is 5.37 Å². The summed E-state index contributed by atoms with van der Waals surface area (Å²) < 4.78 is 0. The van der Waals surface area contributed by atoms with Crippen molar-refractivity contribution in [3.05, 3.63) is 16.6 Å². The summed E-state index contributed by atoms with van der Waals surface area (Å²) in [7, 11) is 0. The number of hydrogen-bond donors (Lipinski definition) is 2. The Hall–Kier alpha value is -0.590. The van der Waals surface area contributed by atoms with E-state index >= 15 is 0 Å². The lowest BCUT2D eigenvalue weighted by atomic mass is 10.2. The summed E-state index contributed by atoms with van der Waals surface area (Å²) in [5.74, 6) is 0.0978. The van der Waals surface area contributed by atoms with Gasteiger partial charge in [0.1, 0.15) is 16.4 Å². The highest BCUT2D eigenvalue weighted by atomic mass is 32.2. The molecule has 2 unspecified atom stereocenters. The average molecular weight is 230 g/mol. The number of carboxylic acids is 1. The van der Waals surface area contributed by atoms with Crippen molar-refractivity contribution in [3.8, 4) is 0 Å². The largest absolute Gasteiger partial charge is 0.480 e. The summed E-state index contributed by atoms with van der Waals surface area (Å²) in [4.78, 5) is 15.0. The molecular formula is C8H10N2O2S2. The van der Waals surface area contributed by atoms with Gasteiger partial charge in [0.25, 0.3) is 0 Å². The van der Waals surface area contributed by atoms with E-state index in [9.17, 15) is 4.79 Å². The summed E-state index contributed by atoms with van der Waals surface area (Å²) >= 11 is 3.27. The molecule has 4 nitrogen and oxygen atoms in total. The van der Waals surface area contributed by atoms with Crippen LogP contribution in [-0.4, -0.2) is 27.9 Å². The second-order valence-electron chi connectivity index (χ2n) is 2.97. The molecule has 1 fully saturated rings. The molecule has 0 saturated carbocycles. The third-order valence-electron chi connectivity index (χ3n) is 2.02. The smallest absolute Gasteiger partial charge is 0.320 e. The molecule has 1 aliphatic heterocycles. The van der Waals surface area contributed by atoms with Crippen LogP contribution in [-0.2, 0) is 4.79 Å². The Morgan fingerprint density at radius 2 is 2.57 bits per heavy atom. The first-order chi connectivity index (χ1) is 6.77. The summed E-state index contributed by atoms with van der Waals surface area (Å²) in [6.45, 7) is 0. The lowest BCUT2D eigenvalue weighted by Crippen LogP contribution is -2.41. The zero-order chi connectivity index (χ0) is 9.97. The molecule has 1 aromatic rings. The van der Waals surface area contributed by atoms with Crippen molar-refractivity contribution in [2.45, 2.75) is 17.8 Å². The van der Waals surface area contributed by atoms with Crippen LogP contribution in [0.4, 0.5) is 0 Å². The van der Waals surface area contributed by atoms with E-state index in [0.717, 1.165) is 10.8 Å². The number of nitrogens with zero attached hydrogens (tertiary/aromatic N) is 1. The van der Waals surface area contributed by atoms with Crippen LogP contribution in [0.5, 0.6) is 0 Å². The van der Waals surface area contributed by atoms with Gasteiger partial charge in [-0.1, -0.05) is 0 Å². The SMILES string of the molecule is O=C(O)C1CCSC(c2nccs2)N1. The van der Waals surface area contributed by atoms with Crippen molar-refractivity contribution < 1.29 is 9.90 Å². The van der Waals surface area contributed by atoms with Crippen LogP contribution < -0.4 is 5.32 Å². The van der Waals surface area contributed by atoms with E-state index in [1.807, 2.05) is 5.38 Å². The molecule has 2 rings (SSSR count). The molecule has 2 atom stereocenters. The van der Waals surface area contributed by atoms with Crippen LogP contribution in [0.25, 0.3) is 0 Å². The Kier molecular flexibility index (Phi) is 3.05. The van der Waals surface area contributed by atoms with Crippen molar-refractivity contribution in [2.75, 3.05) is 5.75 Å². The minimum absolute atomic E-state index is 0.0462. The number of hydrogen-bond acceptors (Lipinski definition) is 5. The second kappa shape index (κ2) is 4.29. The lowest BCUT2D eigenvalue weighted by Gasteiger charge is -2.26. The molecule has 1 aromatic heterocycles. The maximum absolute atomic E-state index is 10.8. The number of rotatable bonds is 2. The molecule has 1 saturated heterocycles. The quantitative estimate of drug-likeness (QED) is 0.802. The highest BCUT2D eigenvalue weighted by molar-refractivity contribution is 7.99. The molecule has 6 heteroatoms. The van der Waals surface area contributed by atoms with Crippen molar-refractivity contribution in [2.24, 2.45) is 0 Å². The number of carbonyl (C=O) groups is 1. The normalized spacial score (nSPS) is 27.4. The van der Waals surface area contributed by atoms with Crippen molar-refractivity contribution in [3.63, 3.8) is 0 Å². The number of aromatic nitrogens is 1. The summed E-state index contributed by atoms with van der Waals surface area (Å²) in [5.41, 5.74) is 0. The minimum atomic E-state index is -0.771.